The Labute approximate surface area is 120 Å². The molecule has 2 rings (SSSR count). The number of hydrogen-bond donors (Lipinski definition) is 3. The highest BCUT2D eigenvalue weighted by Gasteiger charge is 2.41. The summed E-state index contributed by atoms with van der Waals surface area (Å²) in [7, 11) is 0. The Bertz CT molecular complexity index is 356. The van der Waals surface area contributed by atoms with Crippen molar-refractivity contribution in [2.45, 2.75) is 76.3 Å². The lowest BCUT2D eigenvalue weighted by molar-refractivity contribution is -0.154. The molecule has 5 nitrogen and oxygen atoms in total. The molecule has 2 aliphatic carbocycles. The summed E-state index contributed by atoms with van der Waals surface area (Å²) in [5, 5.41) is 12.5. The molecule has 2 aliphatic rings. The zero-order valence-electron chi connectivity index (χ0n) is 12.1. The molecule has 0 radical (unpaired) electrons. The first-order chi connectivity index (χ1) is 9.52. The first-order valence-corrected chi connectivity index (χ1v) is 7.80. The number of carbonyl (C=O) groups is 2. The number of carboxylic acids is 1. The Morgan fingerprint density at radius 1 is 1.10 bits per heavy atom. The molecule has 2 saturated carbocycles. The molecule has 4 N–H and O–H groups in total. The second kappa shape index (κ2) is 6.57. The zero-order chi connectivity index (χ0) is 14.6. The normalized spacial score (nSPS) is 29.6. The van der Waals surface area contributed by atoms with Crippen molar-refractivity contribution in [1.82, 2.24) is 5.32 Å². The fourth-order valence-electron chi connectivity index (χ4n) is 3.54. The third-order valence-corrected chi connectivity index (χ3v) is 4.90. The molecule has 0 saturated heterocycles. The molecule has 0 unspecified atom stereocenters. The van der Waals surface area contributed by atoms with Gasteiger partial charge in [0.25, 0.3) is 0 Å². The van der Waals surface area contributed by atoms with Gasteiger partial charge in [-0.3, -0.25) is 9.59 Å². The third kappa shape index (κ3) is 3.72. The summed E-state index contributed by atoms with van der Waals surface area (Å²) in [6, 6.07) is 0.434. The Balaban J connectivity index is 1.87. The van der Waals surface area contributed by atoms with Crippen LogP contribution in [0.1, 0.15) is 64.2 Å². The maximum atomic E-state index is 12.2. The van der Waals surface area contributed by atoms with Crippen LogP contribution >= 0.6 is 0 Å². The number of amides is 1. The summed E-state index contributed by atoms with van der Waals surface area (Å²) in [5.74, 6) is -0.909. The lowest BCUT2D eigenvalue weighted by atomic mass is 9.71. The van der Waals surface area contributed by atoms with E-state index in [1.807, 2.05) is 0 Å². The van der Waals surface area contributed by atoms with Gasteiger partial charge in [0.1, 0.15) is 0 Å². The lowest BCUT2D eigenvalue weighted by Gasteiger charge is -2.33. The van der Waals surface area contributed by atoms with Gasteiger partial charge in [-0.15, -0.1) is 0 Å². The average Bonchev–Trinajstić information content (AvgIpc) is 2.42. The highest BCUT2D eigenvalue weighted by Crippen LogP contribution is 2.39. The van der Waals surface area contributed by atoms with Gasteiger partial charge < -0.3 is 16.2 Å². The van der Waals surface area contributed by atoms with Crippen molar-refractivity contribution in [3.05, 3.63) is 0 Å². The predicted octanol–water partition coefficient (Wildman–Crippen LogP) is 1.80. The monoisotopic (exact) mass is 282 g/mol. The highest BCUT2D eigenvalue weighted by molar-refractivity contribution is 5.85. The molecule has 114 valence electrons. The largest absolute Gasteiger partial charge is 0.481 e. The van der Waals surface area contributed by atoms with E-state index in [0.29, 0.717) is 12.8 Å². The topological polar surface area (TPSA) is 92.4 Å². The van der Waals surface area contributed by atoms with Crippen molar-refractivity contribution in [2.24, 2.45) is 11.1 Å². The van der Waals surface area contributed by atoms with Gasteiger partial charge in [0.2, 0.25) is 5.91 Å². The van der Waals surface area contributed by atoms with E-state index < -0.39 is 11.4 Å². The van der Waals surface area contributed by atoms with E-state index in [1.165, 1.54) is 0 Å². The Kier molecular flexibility index (Phi) is 5.02. The SMILES string of the molecule is NC1CCC(NC(=O)CC2(C(=O)O)CCCCC2)CC1. The van der Waals surface area contributed by atoms with E-state index in [-0.39, 0.29) is 24.4 Å². The molecule has 2 fully saturated rings. The van der Waals surface area contributed by atoms with Crippen LogP contribution in [0.5, 0.6) is 0 Å². The minimum absolute atomic E-state index is 0.102. The molecule has 0 atom stereocenters. The maximum Gasteiger partial charge on any atom is 0.310 e. The van der Waals surface area contributed by atoms with Crippen LogP contribution in [0.3, 0.4) is 0 Å². The van der Waals surface area contributed by atoms with E-state index in [4.69, 9.17) is 5.73 Å². The first kappa shape index (κ1) is 15.3. The number of rotatable bonds is 4. The molecule has 20 heavy (non-hydrogen) atoms. The van der Waals surface area contributed by atoms with Crippen LogP contribution in [0.2, 0.25) is 0 Å². The molecule has 0 aromatic rings. The van der Waals surface area contributed by atoms with Crippen molar-refractivity contribution in [3.63, 3.8) is 0 Å². The zero-order valence-corrected chi connectivity index (χ0v) is 12.1. The number of carboxylic acid groups (broad SMARTS) is 1. The van der Waals surface area contributed by atoms with E-state index in [1.54, 1.807) is 0 Å². The molecule has 0 aromatic carbocycles. The maximum absolute atomic E-state index is 12.2. The van der Waals surface area contributed by atoms with E-state index >= 15 is 0 Å². The molecular formula is C15H26N2O3. The van der Waals surface area contributed by atoms with Crippen molar-refractivity contribution in [1.29, 1.82) is 0 Å². The average molecular weight is 282 g/mol. The number of nitrogens with two attached hydrogens (primary N) is 1. The summed E-state index contributed by atoms with van der Waals surface area (Å²) in [6.45, 7) is 0. The quantitative estimate of drug-likeness (QED) is 0.733. The number of nitrogens with one attached hydrogen (secondary N) is 1. The van der Waals surface area contributed by atoms with Crippen molar-refractivity contribution in [2.75, 3.05) is 0 Å². The molecule has 0 aliphatic heterocycles. The molecule has 0 bridgehead atoms. The minimum Gasteiger partial charge on any atom is -0.481 e. The van der Waals surface area contributed by atoms with Crippen molar-refractivity contribution >= 4 is 11.9 Å². The van der Waals surface area contributed by atoms with Crippen LogP contribution < -0.4 is 11.1 Å². The molecule has 0 aromatic heterocycles. The molecule has 1 amide bonds. The Morgan fingerprint density at radius 2 is 1.70 bits per heavy atom. The van der Waals surface area contributed by atoms with Crippen LogP contribution in [0.15, 0.2) is 0 Å². The molecular weight excluding hydrogens is 256 g/mol. The van der Waals surface area contributed by atoms with E-state index in [0.717, 1.165) is 44.9 Å². The first-order valence-electron chi connectivity index (χ1n) is 7.80. The van der Waals surface area contributed by atoms with Crippen LogP contribution in [0, 0.1) is 5.41 Å². The van der Waals surface area contributed by atoms with E-state index in [9.17, 15) is 14.7 Å². The fourth-order valence-corrected chi connectivity index (χ4v) is 3.54. The van der Waals surface area contributed by atoms with Gasteiger partial charge in [0.15, 0.2) is 0 Å². The molecule has 0 spiro atoms. The fraction of sp³-hybridized carbons (Fsp3) is 0.867. The van der Waals surface area contributed by atoms with Gasteiger partial charge >= 0.3 is 5.97 Å². The smallest absolute Gasteiger partial charge is 0.310 e. The number of aliphatic carboxylic acids is 1. The minimum atomic E-state index is -0.826. The van der Waals surface area contributed by atoms with Crippen LogP contribution in [0.4, 0.5) is 0 Å². The van der Waals surface area contributed by atoms with Crippen molar-refractivity contribution in [3.8, 4) is 0 Å². The lowest BCUT2D eigenvalue weighted by Crippen LogP contribution is -2.44. The summed E-state index contributed by atoms with van der Waals surface area (Å²) < 4.78 is 0. The highest BCUT2D eigenvalue weighted by atomic mass is 16.4. The standard InChI is InChI=1S/C15H26N2O3/c16-11-4-6-12(7-5-11)17-13(18)10-15(14(19)20)8-2-1-3-9-15/h11-12H,1-10,16H2,(H,17,18)(H,19,20). The van der Waals surface area contributed by atoms with Crippen LogP contribution in [0.25, 0.3) is 0 Å². The second-order valence-electron chi connectivity index (χ2n) is 6.50. The summed E-state index contributed by atoms with van der Waals surface area (Å²) in [4.78, 5) is 23.7. The summed E-state index contributed by atoms with van der Waals surface area (Å²) in [6.07, 6.45) is 8.00. The van der Waals surface area contributed by atoms with Gasteiger partial charge in [0.05, 0.1) is 5.41 Å². The number of hydrogen-bond acceptors (Lipinski definition) is 3. The van der Waals surface area contributed by atoms with Gasteiger partial charge in [-0.05, 0) is 38.5 Å². The molecule has 5 heteroatoms. The summed E-state index contributed by atoms with van der Waals surface area (Å²) >= 11 is 0. The second-order valence-corrected chi connectivity index (χ2v) is 6.50. The van der Waals surface area contributed by atoms with Gasteiger partial charge in [0, 0.05) is 18.5 Å². The van der Waals surface area contributed by atoms with Crippen LogP contribution in [-0.2, 0) is 9.59 Å². The summed E-state index contributed by atoms with van der Waals surface area (Å²) in [5.41, 5.74) is 5.02. The predicted molar refractivity (Wildman–Crippen MR) is 76.1 cm³/mol. The third-order valence-electron chi connectivity index (χ3n) is 4.90. The van der Waals surface area contributed by atoms with Crippen LogP contribution in [-0.4, -0.2) is 29.1 Å². The molecule has 0 heterocycles. The van der Waals surface area contributed by atoms with E-state index in [2.05, 4.69) is 5.32 Å². The van der Waals surface area contributed by atoms with Gasteiger partial charge in [-0.2, -0.15) is 0 Å². The Morgan fingerprint density at radius 3 is 2.25 bits per heavy atom. The van der Waals surface area contributed by atoms with Gasteiger partial charge in [-0.1, -0.05) is 19.3 Å². The van der Waals surface area contributed by atoms with Gasteiger partial charge in [-0.25, -0.2) is 0 Å². The van der Waals surface area contributed by atoms with Crippen molar-refractivity contribution < 1.29 is 14.7 Å². The number of carbonyl (C=O) groups excluding carboxylic acids is 1. The Hall–Kier alpha value is -1.10.